The van der Waals surface area contributed by atoms with Gasteiger partial charge < -0.3 is 9.84 Å². The molecule has 0 bridgehead atoms. The zero-order valence-electron chi connectivity index (χ0n) is 15.0. The van der Waals surface area contributed by atoms with E-state index in [4.69, 9.17) is 9.29 Å². The Morgan fingerprint density at radius 3 is 2.15 bits per heavy atom. The van der Waals surface area contributed by atoms with Crippen molar-refractivity contribution in [2.45, 2.75) is 56.8 Å². The summed E-state index contributed by atoms with van der Waals surface area (Å²) in [6.07, 6.45) is 8.59. The van der Waals surface area contributed by atoms with Crippen LogP contribution in [0.4, 0.5) is 0 Å². The molecule has 0 unspecified atom stereocenters. The summed E-state index contributed by atoms with van der Waals surface area (Å²) in [5, 5.41) is 9.53. The summed E-state index contributed by atoms with van der Waals surface area (Å²) in [5.41, 5.74) is 1.23. The lowest BCUT2D eigenvalue weighted by Gasteiger charge is -2.09. The SMILES string of the molecule is CCCCCCCCc1ccc(Oc2ccc(O)c(S(=O)(=O)O)c2)cc1. The molecule has 5 nitrogen and oxygen atoms in total. The summed E-state index contributed by atoms with van der Waals surface area (Å²) in [6, 6.07) is 11.3. The van der Waals surface area contributed by atoms with Gasteiger partial charge in [0, 0.05) is 6.07 Å². The Bertz CT molecular complexity index is 797. The predicted octanol–water partition coefficient (Wildman–Crippen LogP) is 5.33. The Labute approximate surface area is 155 Å². The molecule has 0 aliphatic rings. The summed E-state index contributed by atoms with van der Waals surface area (Å²) in [4.78, 5) is -0.574. The smallest absolute Gasteiger partial charge is 0.298 e. The molecular weight excluding hydrogens is 352 g/mol. The molecular formula is C20H26O5S. The van der Waals surface area contributed by atoms with E-state index < -0.39 is 20.8 Å². The van der Waals surface area contributed by atoms with Gasteiger partial charge in [-0.3, -0.25) is 4.55 Å². The lowest BCUT2D eigenvalue weighted by molar-refractivity contribution is 0.435. The van der Waals surface area contributed by atoms with Crippen molar-refractivity contribution < 1.29 is 22.8 Å². The number of hydrogen-bond donors (Lipinski definition) is 2. The van der Waals surface area contributed by atoms with Crippen molar-refractivity contribution in [2.24, 2.45) is 0 Å². The second kappa shape index (κ2) is 9.59. The number of ether oxygens (including phenoxy) is 1. The Balaban J connectivity index is 1.91. The Morgan fingerprint density at radius 2 is 1.50 bits per heavy atom. The molecule has 0 radical (unpaired) electrons. The summed E-state index contributed by atoms with van der Waals surface area (Å²) in [6.45, 7) is 2.21. The molecule has 0 fully saturated rings. The van der Waals surface area contributed by atoms with Gasteiger partial charge in [0.15, 0.2) is 0 Å². The average Bonchev–Trinajstić information content (AvgIpc) is 2.60. The molecule has 2 aromatic carbocycles. The summed E-state index contributed by atoms with van der Waals surface area (Å²) < 4.78 is 37.2. The van der Waals surface area contributed by atoms with E-state index in [1.807, 2.05) is 24.3 Å². The minimum atomic E-state index is -4.50. The maximum atomic E-state index is 11.2. The van der Waals surface area contributed by atoms with Crippen LogP contribution in [-0.4, -0.2) is 18.1 Å². The van der Waals surface area contributed by atoms with E-state index in [9.17, 15) is 13.5 Å². The van der Waals surface area contributed by atoms with Crippen molar-refractivity contribution in [3.8, 4) is 17.2 Å². The van der Waals surface area contributed by atoms with Crippen LogP contribution in [0.2, 0.25) is 0 Å². The molecule has 0 spiro atoms. The standard InChI is InChI=1S/C20H26O5S/c1-2-3-4-5-6-7-8-16-9-11-17(12-10-16)25-18-13-14-19(21)20(15-18)26(22,23)24/h9-15,21H,2-8H2,1H3,(H,22,23,24). The second-order valence-corrected chi connectivity index (χ2v) is 7.76. The minimum absolute atomic E-state index is 0.221. The van der Waals surface area contributed by atoms with Crippen LogP contribution in [0, 0.1) is 0 Å². The first-order chi connectivity index (χ1) is 12.4. The highest BCUT2D eigenvalue weighted by Crippen LogP contribution is 2.30. The molecule has 0 aliphatic carbocycles. The van der Waals surface area contributed by atoms with Crippen LogP contribution < -0.4 is 4.74 Å². The highest BCUT2D eigenvalue weighted by Gasteiger charge is 2.16. The summed E-state index contributed by atoms with van der Waals surface area (Å²) >= 11 is 0. The fraction of sp³-hybridized carbons (Fsp3) is 0.400. The molecule has 142 valence electrons. The molecule has 2 aromatic rings. The number of aromatic hydroxyl groups is 1. The van der Waals surface area contributed by atoms with Crippen molar-refractivity contribution in [3.05, 3.63) is 48.0 Å². The van der Waals surface area contributed by atoms with Crippen LogP contribution in [0.1, 0.15) is 51.0 Å². The highest BCUT2D eigenvalue weighted by atomic mass is 32.2. The first-order valence-electron chi connectivity index (χ1n) is 8.97. The monoisotopic (exact) mass is 378 g/mol. The number of hydrogen-bond acceptors (Lipinski definition) is 4. The van der Waals surface area contributed by atoms with Crippen LogP contribution in [0.5, 0.6) is 17.2 Å². The highest BCUT2D eigenvalue weighted by molar-refractivity contribution is 7.86. The number of rotatable bonds is 10. The Hall–Kier alpha value is -2.05. The van der Waals surface area contributed by atoms with Gasteiger partial charge in [0.2, 0.25) is 0 Å². The van der Waals surface area contributed by atoms with Gasteiger partial charge >= 0.3 is 0 Å². The number of benzene rings is 2. The fourth-order valence-corrected chi connectivity index (χ4v) is 3.33. The van der Waals surface area contributed by atoms with Gasteiger partial charge in [0.25, 0.3) is 10.1 Å². The number of aryl methyl sites for hydroxylation is 1. The third kappa shape index (κ3) is 6.35. The van der Waals surface area contributed by atoms with Crippen LogP contribution in [0.3, 0.4) is 0 Å². The maximum absolute atomic E-state index is 11.2. The molecule has 6 heteroatoms. The number of phenolic OH excluding ortho intramolecular Hbond substituents is 1. The topological polar surface area (TPSA) is 83.8 Å². The molecule has 0 atom stereocenters. The third-order valence-electron chi connectivity index (χ3n) is 4.19. The molecule has 0 saturated carbocycles. The second-order valence-electron chi connectivity index (χ2n) is 6.37. The average molecular weight is 378 g/mol. The summed E-state index contributed by atoms with van der Waals surface area (Å²) in [7, 11) is -4.50. The van der Waals surface area contributed by atoms with Crippen molar-refractivity contribution >= 4 is 10.1 Å². The van der Waals surface area contributed by atoms with E-state index in [0.717, 1.165) is 12.5 Å². The quantitative estimate of drug-likeness (QED) is 0.431. The van der Waals surface area contributed by atoms with E-state index in [1.54, 1.807) is 0 Å². The lowest BCUT2D eigenvalue weighted by atomic mass is 10.0. The molecule has 2 rings (SSSR count). The normalized spacial score (nSPS) is 11.5. The van der Waals surface area contributed by atoms with E-state index in [1.165, 1.54) is 56.2 Å². The van der Waals surface area contributed by atoms with Gasteiger partial charge in [-0.25, -0.2) is 0 Å². The van der Waals surface area contributed by atoms with Crippen molar-refractivity contribution in [1.82, 2.24) is 0 Å². The number of unbranched alkanes of at least 4 members (excludes halogenated alkanes) is 5. The van der Waals surface area contributed by atoms with Gasteiger partial charge in [0.1, 0.15) is 22.1 Å². The fourth-order valence-electron chi connectivity index (χ4n) is 2.73. The van der Waals surface area contributed by atoms with Gasteiger partial charge in [-0.1, -0.05) is 51.2 Å². The van der Waals surface area contributed by atoms with Crippen molar-refractivity contribution in [2.75, 3.05) is 0 Å². The Kier molecular flexibility index (Phi) is 7.48. The minimum Gasteiger partial charge on any atom is -0.506 e. The lowest BCUT2D eigenvalue weighted by Crippen LogP contribution is -1.99. The molecule has 26 heavy (non-hydrogen) atoms. The van der Waals surface area contributed by atoms with E-state index in [0.29, 0.717) is 5.75 Å². The molecule has 0 aliphatic heterocycles. The van der Waals surface area contributed by atoms with Crippen LogP contribution in [0.25, 0.3) is 0 Å². The van der Waals surface area contributed by atoms with Crippen LogP contribution >= 0.6 is 0 Å². The maximum Gasteiger partial charge on any atom is 0.298 e. The molecule has 0 amide bonds. The van der Waals surface area contributed by atoms with Crippen LogP contribution in [-0.2, 0) is 16.5 Å². The molecule has 0 heterocycles. The zero-order valence-corrected chi connectivity index (χ0v) is 15.8. The van der Waals surface area contributed by atoms with E-state index in [-0.39, 0.29) is 5.75 Å². The van der Waals surface area contributed by atoms with Gasteiger partial charge in [0.05, 0.1) is 0 Å². The predicted molar refractivity (Wildman–Crippen MR) is 102 cm³/mol. The largest absolute Gasteiger partial charge is 0.506 e. The zero-order chi connectivity index (χ0) is 19.0. The van der Waals surface area contributed by atoms with E-state index in [2.05, 4.69) is 6.92 Å². The van der Waals surface area contributed by atoms with Gasteiger partial charge in [-0.15, -0.1) is 0 Å². The first kappa shape index (κ1) is 20.3. The number of phenols is 1. The third-order valence-corrected chi connectivity index (χ3v) is 5.07. The van der Waals surface area contributed by atoms with E-state index >= 15 is 0 Å². The molecule has 0 aromatic heterocycles. The summed E-state index contributed by atoms with van der Waals surface area (Å²) in [5.74, 6) is 0.261. The first-order valence-corrected chi connectivity index (χ1v) is 10.4. The van der Waals surface area contributed by atoms with Crippen molar-refractivity contribution in [3.63, 3.8) is 0 Å². The molecule has 0 saturated heterocycles. The van der Waals surface area contributed by atoms with Gasteiger partial charge in [-0.2, -0.15) is 8.42 Å². The van der Waals surface area contributed by atoms with Gasteiger partial charge in [-0.05, 0) is 42.7 Å². The molecule has 2 N–H and O–H groups in total. The van der Waals surface area contributed by atoms with Crippen molar-refractivity contribution in [1.29, 1.82) is 0 Å². The Morgan fingerprint density at radius 1 is 0.885 bits per heavy atom. The van der Waals surface area contributed by atoms with Crippen LogP contribution in [0.15, 0.2) is 47.4 Å².